The Labute approximate surface area is 94.2 Å². The maximum Gasteiger partial charge on any atom is 0.186 e. The fourth-order valence-electron chi connectivity index (χ4n) is 2.11. The molecule has 1 aromatic rings. The first-order valence-corrected chi connectivity index (χ1v) is 5.49. The van der Waals surface area contributed by atoms with Crippen LogP contribution in [0.5, 0.6) is 0 Å². The molecule has 0 aliphatic heterocycles. The predicted molar refractivity (Wildman–Crippen MR) is 58.8 cm³/mol. The van der Waals surface area contributed by atoms with Gasteiger partial charge < -0.3 is 10.1 Å². The lowest BCUT2D eigenvalue weighted by Gasteiger charge is -2.20. The van der Waals surface area contributed by atoms with Crippen molar-refractivity contribution in [1.29, 1.82) is 0 Å². The summed E-state index contributed by atoms with van der Waals surface area (Å²) in [5.74, 6) is -0.0919. The van der Waals surface area contributed by atoms with Crippen LogP contribution in [0, 0.1) is 12.7 Å². The number of ether oxygens (including phenoxy) is 1. The van der Waals surface area contributed by atoms with E-state index < -0.39 is 0 Å². The molecule has 2 atom stereocenters. The molecule has 0 amide bonds. The lowest BCUT2D eigenvalue weighted by atomic mass is 10.2. The molecule has 1 aromatic heterocycles. The second kappa shape index (κ2) is 4.74. The Morgan fingerprint density at radius 3 is 3.00 bits per heavy atom. The molecular formula is C11H16FN3O. The third kappa shape index (κ3) is 2.14. The van der Waals surface area contributed by atoms with E-state index in [2.05, 4.69) is 15.3 Å². The Kier molecular flexibility index (Phi) is 3.33. The van der Waals surface area contributed by atoms with Crippen molar-refractivity contribution in [1.82, 2.24) is 9.97 Å². The molecule has 2 rings (SSSR count). The largest absolute Gasteiger partial charge is 0.379 e. The molecule has 0 saturated heterocycles. The summed E-state index contributed by atoms with van der Waals surface area (Å²) in [6, 6.07) is 0.147. The number of aromatic nitrogens is 2. The van der Waals surface area contributed by atoms with Crippen LogP contribution in [-0.4, -0.2) is 29.2 Å². The van der Waals surface area contributed by atoms with Crippen molar-refractivity contribution in [2.75, 3.05) is 12.4 Å². The van der Waals surface area contributed by atoms with Gasteiger partial charge in [-0.3, -0.25) is 0 Å². The van der Waals surface area contributed by atoms with E-state index in [4.69, 9.17) is 4.74 Å². The third-order valence-corrected chi connectivity index (χ3v) is 3.04. The molecule has 16 heavy (non-hydrogen) atoms. The van der Waals surface area contributed by atoms with Crippen LogP contribution >= 0.6 is 0 Å². The van der Waals surface area contributed by atoms with Gasteiger partial charge in [-0.1, -0.05) is 0 Å². The van der Waals surface area contributed by atoms with Gasteiger partial charge >= 0.3 is 0 Å². The van der Waals surface area contributed by atoms with Gasteiger partial charge in [0.2, 0.25) is 0 Å². The summed E-state index contributed by atoms with van der Waals surface area (Å²) in [4.78, 5) is 7.71. The van der Waals surface area contributed by atoms with Crippen molar-refractivity contribution < 1.29 is 9.13 Å². The summed E-state index contributed by atoms with van der Waals surface area (Å²) in [5, 5.41) is 3.10. The predicted octanol–water partition coefficient (Wildman–Crippen LogP) is 1.90. The highest BCUT2D eigenvalue weighted by molar-refractivity contribution is 5.38. The van der Waals surface area contributed by atoms with Crippen LogP contribution < -0.4 is 5.32 Å². The second-order valence-corrected chi connectivity index (χ2v) is 4.08. The quantitative estimate of drug-likeness (QED) is 0.853. The first-order chi connectivity index (χ1) is 7.72. The zero-order valence-corrected chi connectivity index (χ0v) is 9.53. The van der Waals surface area contributed by atoms with E-state index in [0.29, 0.717) is 5.69 Å². The van der Waals surface area contributed by atoms with E-state index in [-0.39, 0.29) is 23.8 Å². The van der Waals surface area contributed by atoms with E-state index in [0.717, 1.165) is 19.3 Å². The van der Waals surface area contributed by atoms with Gasteiger partial charge in [0.15, 0.2) is 11.6 Å². The Morgan fingerprint density at radius 1 is 1.44 bits per heavy atom. The van der Waals surface area contributed by atoms with Gasteiger partial charge in [0, 0.05) is 7.11 Å². The van der Waals surface area contributed by atoms with E-state index in [1.807, 2.05) is 0 Å². The molecule has 1 saturated carbocycles. The van der Waals surface area contributed by atoms with Crippen molar-refractivity contribution in [3.05, 3.63) is 17.8 Å². The normalized spacial score (nSPS) is 24.7. The Balaban J connectivity index is 2.11. The van der Waals surface area contributed by atoms with Crippen molar-refractivity contribution in [2.24, 2.45) is 0 Å². The summed E-state index contributed by atoms with van der Waals surface area (Å²) >= 11 is 0. The molecule has 5 heteroatoms. The number of rotatable bonds is 3. The topological polar surface area (TPSA) is 47.0 Å². The molecule has 4 nitrogen and oxygen atoms in total. The molecule has 1 fully saturated rings. The number of anilines is 1. The Hall–Kier alpha value is -1.23. The summed E-state index contributed by atoms with van der Waals surface area (Å²) < 4.78 is 19.0. The van der Waals surface area contributed by atoms with Crippen molar-refractivity contribution in [3.8, 4) is 0 Å². The summed E-state index contributed by atoms with van der Waals surface area (Å²) in [7, 11) is 1.69. The number of nitrogens with zero attached hydrogens (tertiary/aromatic N) is 2. The zero-order valence-electron chi connectivity index (χ0n) is 9.53. The standard InChI is InChI=1S/C11H16FN3O/c1-7-10(12)11(14-6-13-7)15-8-4-3-5-9(8)16-2/h6,8-9H,3-5H2,1-2H3,(H,13,14,15). The SMILES string of the molecule is COC1CCCC1Nc1ncnc(C)c1F. The smallest absolute Gasteiger partial charge is 0.186 e. The minimum absolute atomic E-state index is 0.147. The van der Waals surface area contributed by atoms with Crippen molar-refractivity contribution >= 4 is 5.82 Å². The maximum atomic E-state index is 13.7. The number of hydrogen-bond acceptors (Lipinski definition) is 4. The second-order valence-electron chi connectivity index (χ2n) is 4.08. The first-order valence-electron chi connectivity index (χ1n) is 5.49. The third-order valence-electron chi connectivity index (χ3n) is 3.04. The molecule has 0 radical (unpaired) electrons. The zero-order chi connectivity index (χ0) is 11.5. The number of methoxy groups -OCH3 is 1. The number of halogens is 1. The Morgan fingerprint density at radius 2 is 2.25 bits per heavy atom. The monoisotopic (exact) mass is 225 g/mol. The number of hydrogen-bond donors (Lipinski definition) is 1. The highest BCUT2D eigenvalue weighted by Crippen LogP contribution is 2.25. The van der Waals surface area contributed by atoms with E-state index in [9.17, 15) is 4.39 Å². The molecule has 1 N–H and O–H groups in total. The van der Waals surface area contributed by atoms with Crippen LogP contribution in [0.15, 0.2) is 6.33 Å². The van der Waals surface area contributed by atoms with Crippen LogP contribution in [0.25, 0.3) is 0 Å². The summed E-state index contributed by atoms with van der Waals surface area (Å²) in [5.41, 5.74) is 0.365. The van der Waals surface area contributed by atoms with Crippen LogP contribution in [-0.2, 0) is 4.74 Å². The van der Waals surface area contributed by atoms with Gasteiger partial charge in [0.25, 0.3) is 0 Å². The molecule has 0 aromatic carbocycles. The van der Waals surface area contributed by atoms with Gasteiger partial charge in [0.05, 0.1) is 17.8 Å². The van der Waals surface area contributed by atoms with Gasteiger partial charge in [-0.25, -0.2) is 14.4 Å². The highest BCUT2D eigenvalue weighted by atomic mass is 19.1. The average Bonchev–Trinajstić information content (AvgIpc) is 2.72. The molecule has 88 valence electrons. The molecule has 2 unspecified atom stereocenters. The van der Waals surface area contributed by atoms with Crippen LogP contribution in [0.3, 0.4) is 0 Å². The van der Waals surface area contributed by atoms with Crippen molar-refractivity contribution in [2.45, 2.75) is 38.3 Å². The van der Waals surface area contributed by atoms with E-state index in [1.165, 1.54) is 6.33 Å². The van der Waals surface area contributed by atoms with Gasteiger partial charge in [0.1, 0.15) is 6.33 Å². The summed E-state index contributed by atoms with van der Waals surface area (Å²) in [6.45, 7) is 1.63. The lowest BCUT2D eigenvalue weighted by molar-refractivity contribution is 0.101. The molecule has 0 spiro atoms. The first kappa shape index (κ1) is 11.3. The fourth-order valence-corrected chi connectivity index (χ4v) is 2.11. The van der Waals surface area contributed by atoms with E-state index in [1.54, 1.807) is 14.0 Å². The van der Waals surface area contributed by atoms with Crippen molar-refractivity contribution in [3.63, 3.8) is 0 Å². The number of aryl methyl sites for hydroxylation is 1. The van der Waals surface area contributed by atoms with E-state index >= 15 is 0 Å². The minimum atomic E-state index is -0.371. The fraction of sp³-hybridized carbons (Fsp3) is 0.636. The van der Waals surface area contributed by atoms with Gasteiger partial charge in [-0.05, 0) is 26.2 Å². The highest BCUT2D eigenvalue weighted by Gasteiger charge is 2.28. The Bertz CT molecular complexity index is 372. The van der Waals surface area contributed by atoms with Gasteiger partial charge in [-0.15, -0.1) is 0 Å². The minimum Gasteiger partial charge on any atom is -0.379 e. The molecule has 0 bridgehead atoms. The van der Waals surface area contributed by atoms with Crippen LogP contribution in [0.2, 0.25) is 0 Å². The number of nitrogens with one attached hydrogen (secondary N) is 1. The summed E-state index contributed by atoms with van der Waals surface area (Å²) in [6.07, 6.45) is 4.62. The molecule has 1 aliphatic rings. The van der Waals surface area contributed by atoms with Crippen LogP contribution in [0.1, 0.15) is 25.0 Å². The van der Waals surface area contributed by atoms with Crippen LogP contribution in [0.4, 0.5) is 10.2 Å². The molecule has 1 heterocycles. The average molecular weight is 225 g/mol. The lowest BCUT2D eigenvalue weighted by Crippen LogP contribution is -2.30. The van der Waals surface area contributed by atoms with Gasteiger partial charge in [-0.2, -0.15) is 0 Å². The molecule has 1 aliphatic carbocycles. The molecular weight excluding hydrogens is 209 g/mol. The maximum absolute atomic E-state index is 13.7.